The van der Waals surface area contributed by atoms with Gasteiger partial charge in [0, 0.05) is 19.3 Å². The maximum absolute atomic E-state index is 12.2. The Balaban J connectivity index is 1.58. The number of carbonyl (C=O) groups excluding carboxylic acids is 1. The lowest BCUT2D eigenvalue weighted by Crippen LogP contribution is -2.32. The number of hydrogen-bond donors (Lipinski definition) is 3. The van der Waals surface area contributed by atoms with Crippen LogP contribution in [0.15, 0.2) is 36.5 Å². The van der Waals surface area contributed by atoms with Gasteiger partial charge < -0.3 is 15.7 Å². The molecule has 0 radical (unpaired) electrons. The normalized spacial score (nSPS) is 17.9. The van der Waals surface area contributed by atoms with Crippen LogP contribution in [0.3, 0.4) is 0 Å². The molecule has 0 saturated carbocycles. The zero-order chi connectivity index (χ0) is 16.1. The molecule has 0 aliphatic carbocycles. The van der Waals surface area contributed by atoms with E-state index in [2.05, 4.69) is 15.7 Å². The molecule has 122 valence electrons. The van der Waals surface area contributed by atoms with Crippen LogP contribution in [0.1, 0.15) is 40.5 Å². The van der Waals surface area contributed by atoms with Gasteiger partial charge in [-0.05, 0) is 36.6 Å². The average Bonchev–Trinajstić information content (AvgIpc) is 3.11. The van der Waals surface area contributed by atoms with Gasteiger partial charge in [-0.3, -0.25) is 9.48 Å². The number of carbonyl (C=O) groups is 1. The highest BCUT2D eigenvalue weighted by molar-refractivity contribution is 5.92. The Hall–Kier alpha value is -2.18. The molecule has 1 amide bonds. The minimum atomic E-state index is -0.179. The number of benzene rings is 1. The third-order valence-corrected chi connectivity index (χ3v) is 4.11. The first-order valence-electron chi connectivity index (χ1n) is 7.99. The van der Waals surface area contributed by atoms with Crippen LogP contribution in [0, 0.1) is 0 Å². The van der Waals surface area contributed by atoms with E-state index in [1.165, 1.54) is 0 Å². The zero-order valence-corrected chi connectivity index (χ0v) is 13.0. The van der Waals surface area contributed by atoms with Gasteiger partial charge in [0.05, 0.1) is 12.6 Å². The summed E-state index contributed by atoms with van der Waals surface area (Å²) in [6, 6.07) is 9.61. The summed E-state index contributed by atoms with van der Waals surface area (Å²) in [6.45, 7) is 2.38. The first kappa shape index (κ1) is 15.7. The zero-order valence-electron chi connectivity index (χ0n) is 13.0. The molecule has 23 heavy (non-hydrogen) atoms. The van der Waals surface area contributed by atoms with Gasteiger partial charge in [0.2, 0.25) is 0 Å². The Morgan fingerprint density at radius 1 is 1.39 bits per heavy atom. The molecule has 1 aromatic carbocycles. The highest BCUT2D eigenvalue weighted by Crippen LogP contribution is 2.15. The van der Waals surface area contributed by atoms with Crippen LogP contribution in [0.4, 0.5) is 0 Å². The number of aliphatic hydroxyl groups is 1. The van der Waals surface area contributed by atoms with Crippen molar-refractivity contribution in [3.63, 3.8) is 0 Å². The smallest absolute Gasteiger partial charge is 0.272 e. The van der Waals surface area contributed by atoms with Crippen molar-refractivity contribution in [1.82, 2.24) is 20.4 Å². The molecule has 1 atom stereocenters. The number of aromatic nitrogens is 2. The molecular formula is C17H22N4O2. The van der Waals surface area contributed by atoms with Gasteiger partial charge in [0.1, 0.15) is 5.69 Å². The van der Waals surface area contributed by atoms with Gasteiger partial charge in [-0.1, -0.05) is 24.3 Å². The molecule has 0 bridgehead atoms. The minimum Gasteiger partial charge on any atom is -0.392 e. The summed E-state index contributed by atoms with van der Waals surface area (Å²) in [5.41, 5.74) is 2.24. The van der Waals surface area contributed by atoms with E-state index in [1.807, 2.05) is 35.1 Å². The third kappa shape index (κ3) is 3.97. The van der Waals surface area contributed by atoms with Crippen LogP contribution >= 0.6 is 0 Å². The van der Waals surface area contributed by atoms with E-state index in [9.17, 15) is 4.79 Å². The van der Waals surface area contributed by atoms with Gasteiger partial charge in [-0.25, -0.2) is 0 Å². The predicted molar refractivity (Wildman–Crippen MR) is 86.9 cm³/mol. The predicted octanol–water partition coefficient (Wildman–Crippen LogP) is 1.23. The number of amides is 1. The second kappa shape index (κ2) is 7.39. The highest BCUT2D eigenvalue weighted by Gasteiger charge is 2.17. The fourth-order valence-electron chi connectivity index (χ4n) is 2.83. The summed E-state index contributed by atoms with van der Waals surface area (Å²) in [6.07, 6.45) is 4.09. The Labute approximate surface area is 135 Å². The fraction of sp³-hybridized carbons (Fsp3) is 0.412. The summed E-state index contributed by atoms with van der Waals surface area (Å²) in [5, 5.41) is 19.8. The van der Waals surface area contributed by atoms with Crippen molar-refractivity contribution in [2.24, 2.45) is 0 Å². The fourth-order valence-corrected chi connectivity index (χ4v) is 2.83. The molecule has 1 aliphatic rings. The van der Waals surface area contributed by atoms with Gasteiger partial charge in [0.15, 0.2) is 0 Å². The Morgan fingerprint density at radius 2 is 2.26 bits per heavy atom. The quantitative estimate of drug-likeness (QED) is 0.775. The molecule has 0 spiro atoms. The van der Waals surface area contributed by atoms with Crippen molar-refractivity contribution in [3.05, 3.63) is 53.3 Å². The molecule has 2 aromatic rings. The van der Waals surface area contributed by atoms with Crippen molar-refractivity contribution in [1.29, 1.82) is 0 Å². The number of nitrogens with one attached hydrogen (secondary N) is 2. The molecule has 2 heterocycles. The maximum Gasteiger partial charge on any atom is 0.272 e. The Morgan fingerprint density at radius 3 is 3.04 bits per heavy atom. The molecule has 1 unspecified atom stereocenters. The van der Waals surface area contributed by atoms with Gasteiger partial charge >= 0.3 is 0 Å². The van der Waals surface area contributed by atoms with E-state index < -0.39 is 0 Å². The number of rotatable bonds is 5. The Kier molecular flexibility index (Phi) is 5.05. The standard InChI is InChI=1S/C17H22N4O2/c22-12-14-4-1-3-13(9-14)10-19-17(23)16-6-8-21(20-16)15-5-2-7-18-11-15/h1,3-4,6,8-9,15,18,22H,2,5,7,10-12H2,(H,19,23). The van der Waals surface area contributed by atoms with E-state index >= 15 is 0 Å². The third-order valence-electron chi connectivity index (χ3n) is 4.11. The van der Waals surface area contributed by atoms with Gasteiger partial charge in [0.25, 0.3) is 5.91 Å². The number of nitrogens with zero attached hydrogens (tertiary/aromatic N) is 2. The van der Waals surface area contributed by atoms with Crippen molar-refractivity contribution < 1.29 is 9.90 Å². The topological polar surface area (TPSA) is 79.2 Å². The molecule has 3 N–H and O–H groups in total. The number of piperidine rings is 1. The molecule has 1 saturated heterocycles. The lowest BCUT2D eigenvalue weighted by Gasteiger charge is -2.22. The van der Waals surface area contributed by atoms with E-state index in [0.717, 1.165) is 37.1 Å². The first-order valence-corrected chi connectivity index (χ1v) is 7.99. The average molecular weight is 314 g/mol. The van der Waals surface area contributed by atoms with E-state index in [0.29, 0.717) is 18.3 Å². The molecule has 1 aliphatic heterocycles. The molecule has 1 aromatic heterocycles. The van der Waals surface area contributed by atoms with Crippen LogP contribution in [-0.2, 0) is 13.2 Å². The number of hydrogen-bond acceptors (Lipinski definition) is 4. The van der Waals surface area contributed by atoms with Crippen LogP contribution in [0.5, 0.6) is 0 Å². The SMILES string of the molecule is O=C(NCc1cccc(CO)c1)c1ccn(C2CCCNC2)n1. The minimum absolute atomic E-state index is 0.00160. The van der Waals surface area contributed by atoms with Crippen LogP contribution in [0.25, 0.3) is 0 Å². The lowest BCUT2D eigenvalue weighted by molar-refractivity contribution is 0.0944. The van der Waals surface area contributed by atoms with Crippen molar-refractivity contribution in [2.45, 2.75) is 32.0 Å². The molecule has 1 fully saturated rings. The second-order valence-corrected chi connectivity index (χ2v) is 5.84. The van der Waals surface area contributed by atoms with Crippen LogP contribution in [0.2, 0.25) is 0 Å². The van der Waals surface area contributed by atoms with Crippen molar-refractivity contribution in [2.75, 3.05) is 13.1 Å². The van der Waals surface area contributed by atoms with E-state index in [4.69, 9.17) is 5.11 Å². The Bertz CT molecular complexity index is 662. The summed E-state index contributed by atoms with van der Waals surface area (Å²) in [5.74, 6) is -0.179. The molecule has 3 rings (SSSR count). The molecule has 6 heteroatoms. The highest BCUT2D eigenvalue weighted by atomic mass is 16.3. The first-order chi connectivity index (χ1) is 11.3. The largest absolute Gasteiger partial charge is 0.392 e. The maximum atomic E-state index is 12.2. The summed E-state index contributed by atoms with van der Waals surface area (Å²) < 4.78 is 1.88. The summed E-state index contributed by atoms with van der Waals surface area (Å²) >= 11 is 0. The van der Waals surface area contributed by atoms with Crippen molar-refractivity contribution in [3.8, 4) is 0 Å². The monoisotopic (exact) mass is 314 g/mol. The molecule has 6 nitrogen and oxygen atoms in total. The van der Waals surface area contributed by atoms with E-state index in [-0.39, 0.29) is 12.5 Å². The van der Waals surface area contributed by atoms with Gasteiger partial charge in [-0.15, -0.1) is 0 Å². The van der Waals surface area contributed by atoms with E-state index in [1.54, 1.807) is 6.07 Å². The van der Waals surface area contributed by atoms with Crippen LogP contribution < -0.4 is 10.6 Å². The van der Waals surface area contributed by atoms with Crippen LogP contribution in [-0.4, -0.2) is 33.9 Å². The second-order valence-electron chi connectivity index (χ2n) is 5.84. The summed E-state index contributed by atoms with van der Waals surface area (Å²) in [7, 11) is 0. The molecular weight excluding hydrogens is 292 g/mol. The van der Waals surface area contributed by atoms with Gasteiger partial charge in [-0.2, -0.15) is 5.10 Å². The van der Waals surface area contributed by atoms with Crippen molar-refractivity contribution >= 4 is 5.91 Å². The number of aliphatic hydroxyl groups excluding tert-OH is 1. The summed E-state index contributed by atoms with van der Waals surface area (Å²) in [4.78, 5) is 12.2. The lowest BCUT2D eigenvalue weighted by atomic mass is 10.1.